The van der Waals surface area contributed by atoms with Gasteiger partial charge in [-0.15, -0.1) is 11.6 Å². The van der Waals surface area contributed by atoms with Crippen molar-refractivity contribution in [1.29, 1.82) is 0 Å². The molecule has 0 amide bonds. The van der Waals surface area contributed by atoms with Crippen molar-refractivity contribution < 1.29 is 0 Å². The highest BCUT2D eigenvalue weighted by atomic mass is 35.5. The van der Waals surface area contributed by atoms with E-state index in [0.29, 0.717) is 0 Å². The van der Waals surface area contributed by atoms with Crippen molar-refractivity contribution in [3.05, 3.63) is 29.6 Å². The van der Waals surface area contributed by atoms with Crippen LogP contribution in [0.1, 0.15) is 37.5 Å². The summed E-state index contributed by atoms with van der Waals surface area (Å²) in [5, 5.41) is -0.0792. The summed E-state index contributed by atoms with van der Waals surface area (Å²) >= 11 is 8.18. The highest BCUT2D eigenvalue weighted by Crippen LogP contribution is 2.31. The first-order chi connectivity index (χ1) is 8.85. The van der Waals surface area contributed by atoms with Crippen LogP contribution in [-0.4, -0.2) is 20.6 Å². The summed E-state index contributed by atoms with van der Waals surface area (Å²) in [7, 11) is 0. The molecule has 2 aromatic rings. The average Bonchev–Trinajstić information content (AvgIpc) is 2.69. The van der Waals surface area contributed by atoms with Crippen molar-refractivity contribution in [2.45, 2.75) is 44.4 Å². The molecule has 2 nitrogen and oxygen atoms in total. The maximum absolute atomic E-state index is 6.31. The van der Waals surface area contributed by atoms with Crippen molar-refractivity contribution in [3.63, 3.8) is 0 Å². The Balaban J connectivity index is 2.62. The number of nitrogens with zero attached hydrogens (tertiary/aromatic N) is 2. The Morgan fingerprint density at radius 1 is 1.42 bits per heavy atom. The third kappa shape index (κ3) is 2.92. The standard InChI is InChI=1S/C15H21ClN2S/c1-10-7-6-8-12-13(10)17-14(11(2)16)18(12)9-15(3,4)19-5/h6-8,11H,9H2,1-5H3. The van der Waals surface area contributed by atoms with Crippen LogP contribution in [0.5, 0.6) is 0 Å². The van der Waals surface area contributed by atoms with E-state index < -0.39 is 0 Å². The van der Waals surface area contributed by atoms with Gasteiger partial charge in [0.25, 0.3) is 0 Å². The van der Waals surface area contributed by atoms with Crippen LogP contribution in [0.2, 0.25) is 0 Å². The molecule has 0 aliphatic rings. The van der Waals surface area contributed by atoms with Gasteiger partial charge in [-0.2, -0.15) is 11.8 Å². The van der Waals surface area contributed by atoms with Gasteiger partial charge >= 0.3 is 0 Å². The van der Waals surface area contributed by atoms with Crippen LogP contribution in [0.15, 0.2) is 18.2 Å². The normalized spacial score (nSPS) is 14.0. The van der Waals surface area contributed by atoms with E-state index in [1.165, 1.54) is 11.1 Å². The number of aromatic nitrogens is 2. The molecule has 0 N–H and O–H groups in total. The fourth-order valence-electron chi connectivity index (χ4n) is 2.22. The molecule has 0 saturated carbocycles. The van der Waals surface area contributed by atoms with Crippen LogP contribution in [0.4, 0.5) is 0 Å². The van der Waals surface area contributed by atoms with Gasteiger partial charge in [-0.1, -0.05) is 12.1 Å². The smallest absolute Gasteiger partial charge is 0.127 e. The summed E-state index contributed by atoms with van der Waals surface area (Å²) in [6, 6.07) is 6.32. The number of para-hydroxylation sites is 1. The maximum Gasteiger partial charge on any atom is 0.127 e. The lowest BCUT2D eigenvalue weighted by Crippen LogP contribution is -2.23. The molecule has 0 bridgehead atoms. The number of aryl methyl sites for hydroxylation is 1. The third-order valence-electron chi connectivity index (χ3n) is 3.46. The van der Waals surface area contributed by atoms with Gasteiger partial charge < -0.3 is 4.57 Å². The SMILES string of the molecule is CSC(C)(C)Cn1c(C(C)Cl)nc2c(C)cccc21. The lowest BCUT2D eigenvalue weighted by Gasteiger charge is -2.24. The average molecular weight is 297 g/mol. The summed E-state index contributed by atoms with van der Waals surface area (Å²) in [6.45, 7) is 9.51. The molecule has 0 saturated heterocycles. The lowest BCUT2D eigenvalue weighted by atomic mass is 10.2. The Labute approximate surface area is 124 Å². The largest absolute Gasteiger partial charge is 0.325 e. The summed E-state index contributed by atoms with van der Waals surface area (Å²) in [5.74, 6) is 0.966. The zero-order chi connectivity index (χ0) is 14.2. The van der Waals surface area contributed by atoms with Crippen LogP contribution in [0.3, 0.4) is 0 Å². The monoisotopic (exact) mass is 296 g/mol. The van der Waals surface area contributed by atoms with E-state index in [0.717, 1.165) is 17.9 Å². The van der Waals surface area contributed by atoms with E-state index in [1.807, 2.05) is 18.7 Å². The summed E-state index contributed by atoms with van der Waals surface area (Å²) in [5.41, 5.74) is 3.46. The Kier molecular flexibility index (Phi) is 4.17. The van der Waals surface area contributed by atoms with Gasteiger partial charge in [0.15, 0.2) is 0 Å². The van der Waals surface area contributed by atoms with Crippen molar-refractivity contribution in [2.75, 3.05) is 6.26 Å². The van der Waals surface area contributed by atoms with E-state index in [2.05, 4.69) is 49.8 Å². The molecule has 0 radical (unpaired) electrons. The number of fused-ring (bicyclic) bond motifs is 1. The summed E-state index contributed by atoms with van der Waals surface area (Å²) in [6.07, 6.45) is 2.15. The number of hydrogen-bond donors (Lipinski definition) is 0. The van der Waals surface area contributed by atoms with Crippen LogP contribution in [-0.2, 0) is 6.54 Å². The molecule has 19 heavy (non-hydrogen) atoms. The minimum absolute atomic E-state index is 0.0792. The molecule has 1 atom stereocenters. The number of imidazole rings is 1. The van der Waals surface area contributed by atoms with Gasteiger partial charge in [-0.3, -0.25) is 0 Å². The molecule has 0 fully saturated rings. The molecule has 0 aliphatic carbocycles. The van der Waals surface area contributed by atoms with Crippen LogP contribution in [0, 0.1) is 6.92 Å². The van der Waals surface area contributed by atoms with Gasteiger partial charge in [0.1, 0.15) is 5.82 Å². The number of rotatable bonds is 4. The number of thioether (sulfide) groups is 1. The highest BCUT2D eigenvalue weighted by Gasteiger charge is 2.23. The molecule has 104 valence electrons. The topological polar surface area (TPSA) is 17.8 Å². The van der Waals surface area contributed by atoms with E-state index >= 15 is 0 Å². The van der Waals surface area contributed by atoms with Gasteiger partial charge in [0.05, 0.1) is 16.4 Å². The van der Waals surface area contributed by atoms with Crippen LogP contribution < -0.4 is 0 Å². The summed E-state index contributed by atoms with van der Waals surface area (Å²) < 4.78 is 2.44. The minimum Gasteiger partial charge on any atom is -0.325 e. The van der Waals surface area contributed by atoms with Gasteiger partial charge in [-0.05, 0) is 45.6 Å². The minimum atomic E-state index is -0.0792. The molecule has 1 aromatic carbocycles. The van der Waals surface area contributed by atoms with Gasteiger partial charge in [0.2, 0.25) is 0 Å². The second-order valence-electron chi connectivity index (χ2n) is 5.58. The van der Waals surface area contributed by atoms with Crippen LogP contribution >= 0.6 is 23.4 Å². The van der Waals surface area contributed by atoms with Crippen molar-refractivity contribution in [3.8, 4) is 0 Å². The molecule has 0 aliphatic heterocycles. The van der Waals surface area contributed by atoms with E-state index in [9.17, 15) is 0 Å². The highest BCUT2D eigenvalue weighted by molar-refractivity contribution is 7.99. The second kappa shape index (κ2) is 5.37. The predicted octanol–water partition coefficient (Wildman–Crippen LogP) is 4.79. The predicted molar refractivity (Wildman–Crippen MR) is 86.3 cm³/mol. The Hall–Kier alpha value is -0.670. The first-order valence-electron chi connectivity index (χ1n) is 6.50. The number of hydrogen-bond acceptors (Lipinski definition) is 2. The zero-order valence-corrected chi connectivity index (χ0v) is 13.8. The number of alkyl halides is 1. The van der Waals surface area contributed by atoms with Gasteiger partial charge in [0, 0.05) is 11.3 Å². The molecular weight excluding hydrogens is 276 g/mol. The van der Waals surface area contributed by atoms with Crippen molar-refractivity contribution >= 4 is 34.4 Å². The first-order valence-corrected chi connectivity index (χ1v) is 8.17. The second-order valence-corrected chi connectivity index (χ2v) is 7.75. The van der Waals surface area contributed by atoms with Crippen LogP contribution in [0.25, 0.3) is 11.0 Å². The number of benzene rings is 1. The van der Waals surface area contributed by atoms with E-state index in [4.69, 9.17) is 16.6 Å². The fraction of sp³-hybridized carbons (Fsp3) is 0.533. The quantitative estimate of drug-likeness (QED) is 0.755. The van der Waals surface area contributed by atoms with Gasteiger partial charge in [-0.25, -0.2) is 4.98 Å². The Morgan fingerprint density at radius 3 is 2.68 bits per heavy atom. The molecule has 2 rings (SSSR count). The van der Waals surface area contributed by atoms with Crippen molar-refractivity contribution in [2.24, 2.45) is 0 Å². The lowest BCUT2D eigenvalue weighted by molar-refractivity contribution is 0.559. The van der Waals surface area contributed by atoms with E-state index in [1.54, 1.807) is 0 Å². The third-order valence-corrected chi connectivity index (χ3v) is 4.89. The molecule has 4 heteroatoms. The Bertz CT molecular complexity index is 587. The molecule has 1 aromatic heterocycles. The molecule has 1 unspecified atom stereocenters. The number of halogens is 1. The fourth-order valence-corrected chi connectivity index (χ4v) is 2.65. The van der Waals surface area contributed by atoms with E-state index in [-0.39, 0.29) is 10.1 Å². The zero-order valence-electron chi connectivity index (χ0n) is 12.2. The Morgan fingerprint density at radius 2 is 2.11 bits per heavy atom. The molecular formula is C15H21ClN2S. The van der Waals surface area contributed by atoms with Crippen molar-refractivity contribution in [1.82, 2.24) is 9.55 Å². The molecule has 0 spiro atoms. The maximum atomic E-state index is 6.31. The summed E-state index contributed by atoms with van der Waals surface area (Å²) in [4.78, 5) is 4.75. The first kappa shape index (κ1) is 14.7. The molecule has 1 heterocycles.